The van der Waals surface area contributed by atoms with E-state index in [-0.39, 0.29) is 17.8 Å². The van der Waals surface area contributed by atoms with E-state index in [9.17, 15) is 14.9 Å². The Morgan fingerprint density at radius 1 is 1.47 bits per heavy atom. The lowest BCUT2D eigenvalue weighted by Gasteiger charge is -2.09. The molecule has 2 amide bonds. The molecule has 1 aromatic carbocycles. The molecule has 0 atom stereocenters. The summed E-state index contributed by atoms with van der Waals surface area (Å²) >= 11 is 0. The number of amides is 2. The fourth-order valence-electron chi connectivity index (χ4n) is 1.53. The van der Waals surface area contributed by atoms with E-state index in [4.69, 9.17) is 0 Å². The fourth-order valence-corrected chi connectivity index (χ4v) is 1.53. The number of anilines is 1. The molecule has 1 fully saturated rings. The molecule has 0 heterocycles. The number of carbonyl (C=O) groups is 1. The summed E-state index contributed by atoms with van der Waals surface area (Å²) in [5.41, 5.74) is 0.940. The van der Waals surface area contributed by atoms with Crippen molar-refractivity contribution in [3.63, 3.8) is 0 Å². The van der Waals surface area contributed by atoms with Crippen LogP contribution in [0.25, 0.3) is 0 Å². The SMILES string of the molecule is Cc1c(NC(=O)NC2CC2)cccc1[N+](=O)[O-]. The molecule has 90 valence electrons. The van der Waals surface area contributed by atoms with Gasteiger partial charge in [-0.2, -0.15) is 0 Å². The van der Waals surface area contributed by atoms with Gasteiger partial charge in [-0.1, -0.05) is 6.07 Å². The van der Waals surface area contributed by atoms with Gasteiger partial charge in [0.25, 0.3) is 5.69 Å². The monoisotopic (exact) mass is 235 g/mol. The zero-order chi connectivity index (χ0) is 12.4. The average Bonchev–Trinajstić information content (AvgIpc) is 3.04. The number of rotatable bonds is 3. The predicted molar refractivity (Wildman–Crippen MR) is 63.0 cm³/mol. The molecule has 17 heavy (non-hydrogen) atoms. The summed E-state index contributed by atoms with van der Waals surface area (Å²) in [6.07, 6.45) is 2.00. The number of benzene rings is 1. The normalized spacial score (nSPS) is 14.2. The van der Waals surface area contributed by atoms with Crippen molar-refractivity contribution in [1.82, 2.24) is 5.32 Å². The highest BCUT2D eigenvalue weighted by molar-refractivity contribution is 5.91. The van der Waals surface area contributed by atoms with Crippen molar-refractivity contribution in [2.75, 3.05) is 5.32 Å². The van der Waals surface area contributed by atoms with Crippen LogP contribution in [-0.4, -0.2) is 17.0 Å². The van der Waals surface area contributed by atoms with Crippen molar-refractivity contribution in [2.45, 2.75) is 25.8 Å². The molecule has 0 aromatic heterocycles. The summed E-state index contributed by atoms with van der Waals surface area (Å²) in [4.78, 5) is 21.8. The minimum Gasteiger partial charge on any atom is -0.335 e. The van der Waals surface area contributed by atoms with E-state index in [1.165, 1.54) is 6.07 Å². The summed E-state index contributed by atoms with van der Waals surface area (Å²) in [6, 6.07) is 4.57. The maximum absolute atomic E-state index is 11.5. The Balaban J connectivity index is 2.11. The van der Waals surface area contributed by atoms with Crippen molar-refractivity contribution in [3.05, 3.63) is 33.9 Å². The molecule has 1 saturated carbocycles. The lowest BCUT2D eigenvalue weighted by Crippen LogP contribution is -2.30. The van der Waals surface area contributed by atoms with Gasteiger partial charge in [-0.05, 0) is 25.8 Å². The smallest absolute Gasteiger partial charge is 0.319 e. The number of hydrogen-bond acceptors (Lipinski definition) is 3. The standard InChI is InChI=1S/C11H13N3O3/c1-7-9(3-2-4-10(7)14(16)17)13-11(15)12-8-5-6-8/h2-4,8H,5-6H2,1H3,(H2,12,13,15). The van der Waals surface area contributed by atoms with Crippen LogP contribution in [-0.2, 0) is 0 Å². The quantitative estimate of drug-likeness (QED) is 0.622. The van der Waals surface area contributed by atoms with Crippen molar-refractivity contribution >= 4 is 17.4 Å². The molecule has 1 aliphatic rings. The van der Waals surface area contributed by atoms with Gasteiger partial charge in [0, 0.05) is 12.1 Å². The van der Waals surface area contributed by atoms with Gasteiger partial charge in [0.2, 0.25) is 0 Å². The van der Waals surface area contributed by atoms with E-state index in [1.54, 1.807) is 19.1 Å². The molecule has 1 aliphatic carbocycles. The van der Waals surface area contributed by atoms with Crippen LogP contribution >= 0.6 is 0 Å². The van der Waals surface area contributed by atoms with E-state index in [1.807, 2.05) is 0 Å². The molecule has 0 saturated heterocycles. The third-order valence-corrected chi connectivity index (χ3v) is 2.66. The first kappa shape index (κ1) is 11.4. The highest BCUT2D eigenvalue weighted by atomic mass is 16.6. The van der Waals surface area contributed by atoms with Crippen LogP contribution < -0.4 is 10.6 Å². The highest BCUT2D eigenvalue weighted by Gasteiger charge is 2.23. The maximum Gasteiger partial charge on any atom is 0.319 e. The second-order valence-corrected chi connectivity index (χ2v) is 4.08. The summed E-state index contributed by atoms with van der Waals surface area (Å²) in [7, 11) is 0. The van der Waals surface area contributed by atoms with Crippen LogP contribution in [0.1, 0.15) is 18.4 Å². The minimum absolute atomic E-state index is 0.00854. The zero-order valence-electron chi connectivity index (χ0n) is 9.40. The van der Waals surface area contributed by atoms with Gasteiger partial charge in [-0.15, -0.1) is 0 Å². The Labute approximate surface area is 98.2 Å². The first-order chi connectivity index (χ1) is 8.08. The summed E-state index contributed by atoms with van der Waals surface area (Å²) in [5, 5.41) is 16.1. The molecule has 1 aromatic rings. The van der Waals surface area contributed by atoms with Gasteiger partial charge in [0.1, 0.15) is 0 Å². The van der Waals surface area contributed by atoms with Gasteiger partial charge in [-0.25, -0.2) is 4.79 Å². The van der Waals surface area contributed by atoms with Gasteiger partial charge in [0.15, 0.2) is 0 Å². The molecule has 2 N–H and O–H groups in total. The third kappa shape index (κ3) is 2.72. The number of carbonyl (C=O) groups excluding carboxylic acids is 1. The first-order valence-electron chi connectivity index (χ1n) is 5.39. The second-order valence-electron chi connectivity index (χ2n) is 4.08. The number of nitrogens with zero attached hydrogens (tertiary/aromatic N) is 1. The van der Waals surface area contributed by atoms with Gasteiger partial charge in [0.05, 0.1) is 16.2 Å². The van der Waals surface area contributed by atoms with Crippen molar-refractivity contribution in [2.24, 2.45) is 0 Å². The van der Waals surface area contributed by atoms with E-state index in [0.29, 0.717) is 11.3 Å². The van der Waals surface area contributed by atoms with Gasteiger partial charge < -0.3 is 10.6 Å². The molecular formula is C11H13N3O3. The third-order valence-electron chi connectivity index (χ3n) is 2.66. The lowest BCUT2D eigenvalue weighted by molar-refractivity contribution is -0.385. The number of nitro groups is 1. The average molecular weight is 235 g/mol. The summed E-state index contributed by atoms with van der Waals surface area (Å²) < 4.78 is 0. The Morgan fingerprint density at radius 3 is 2.76 bits per heavy atom. The van der Waals surface area contributed by atoms with Crippen LogP contribution in [0.5, 0.6) is 0 Å². The van der Waals surface area contributed by atoms with Crippen molar-refractivity contribution in [1.29, 1.82) is 0 Å². The van der Waals surface area contributed by atoms with Crippen LogP contribution in [0.2, 0.25) is 0 Å². The molecule has 2 rings (SSSR count). The van der Waals surface area contributed by atoms with Crippen LogP contribution in [0.3, 0.4) is 0 Å². The fraction of sp³-hybridized carbons (Fsp3) is 0.364. The molecule has 0 aliphatic heterocycles. The lowest BCUT2D eigenvalue weighted by atomic mass is 10.1. The minimum atomic E-state index is -0.459. The van der Waals surface area contributed by atoms with Crippen molar-refractivity contribution in [3.8, 4) is 0 Å². The number of urea groups is 1. The van der Waals surface area contributed by atoms with Crippen LogP contribution in [0, 0.1) is 17.0 Å². The largest absolute Gasteiger partial charge is 0.335 e. The zero-order valence-corrected chi connectivity index (χ0v) is 9.40. The Hall–Kier alpha value is -2.11. The predicted octanol–water partition coefficient (Wildman–Crippen LogP) is 2.19. The molecule has 6 nitrogen and oxygen atoms in total. The molecule has 6 heteroatoms. The highest BCUT2D eigenvalue weighted by Crippen LogP contribution is 2.25. The Bertz CT molecular complexity index is 469. The molecule has 0 radical (unpaired) electrons. The second kappa shape index (κ2) is 4.40. The number of nitrogens with one attached hydrogen (secondary N) is 2. The van der Waals surface area contributed by atoms with Crippen molar-refractivity contribution < 1.29 is 9.72 Å². The Morgan fingerprint density at radius 2 is 2.18 bits per heavy atom. The Kier molecular flexibility index (Phi) is 2.95. The van der Waals surface area contributed by atoms with Gasteiger partial charge in [-0.3, -0.25) is 10.1 Å². The molecule has 0 unspecified atom stereocenters. The van der Waals surface area contributed by atoms with E-state index in [0.717, 1.165) is 12.8 Å². The molecule has 0 spiro atoms. The topological polar surface area (TPSA) is 84.3 Å². The summed E-state index contributed by atoms with van der Waals surface area (Å²) in [5.74, 6) is 0. The summed E-state index contributed by atoms with van der Waals surface area (Å²) in [6.45, 7) is 1.62. The first-order valence-corrected chi connectivity index (χ1v) is 5.39. The molecular weight excluding hydrogens is 222 g/mol. The molecule has 0 bridgehead atoms. The van der Waals surface area contributed by atoms with Crippen LogP contribution in [0.4, 0.5) is 16.2 Å². The van der Waals surface area contributed by atoms with E-state index >= 15 is 0 Å². The van der Waals surface area contributed by atoms with E-state index in [2.05, 4.69) is 10.6 Å². The van der Waals surface area contributed by atoms with Gasteiger partial charge >= 0.3 is 6.03 Å². The number of nitro benzene ring substituents is 1. The van der Waals surface area contributed by atoms with E-state index < -0.39 is 4.92 Å². The number of hydrogen-bond donors (Lipinski definition) is 2. The van der Waals surface area contributed by atoms with Crippen LogP contribution in [0.15, 0.2) is 18.2 Å². The maximum atomic E-state index is 11.5.